The molecule has 5 nitrogen and oxygen atoms in total. The molecule has 0 spiro atoms. The van der Waals surface area contributed by atoms with E-state index >= 15 is 0 Å². The van der Waals surface area contributed by atoms with E-state index in [4.69, 9.17) is 0 Å². The third kappa shape index (κ3) is 3.59. The molecule has 1 aliphatic heterocycles. The van der Waals surface area contributed by atoms with Crippen LogP contribution in [-0.2, 0) is 21.2 Å². The third-order valence-electron chi connectivity index (χ3n) is 3.63. The molecule has 0 aromatic heterocycles. The normalized spacial score (nSPS) is 20.4. The first-order chi connectivity index (χ1) is 9.33. The molecular formula is C13H16BrNO4S. The summed E-state index contributed by atoms with van der Waals surface area (Å²) < 4.78 is 23.8. The number of carboxylic acid groups (broad SMARTS) is 1. The molecule has 0 atom stereocenters. The number of aliphatic carboxylic acids is 1. The van der Waals surface area contributed by atoms with Crippen LogP contribution in [0.15, 0.2) is 28.7 Å². The number of hydrogen-bond acceptors (Lipinski definition) is 4. The highest BCUT2D eigenvalue weighted by molar-refractivity contribution is 9.10. The van der Waals surface area contributed by atoms with Crippen molar-refractivity contribution in [2.24, 2.45) is 0 Å². The summed E-state index contributed by atoms with van der Waals surface area (Å²) in [5.41, 5.74) is -0.180. The van der Waals surface area contributed by atoms with Gasteiger partial charge in [-0.2, -0.15) is 0 Å². The van der Waals surface area contributed by atoms with Crippen LogP contribution in [0.2, 0.25) is 0 Å². The van der Waals surface area contributed by atoms with Crippen LogP contribution in [0.25, 0.3) is 0 Å². The van der Waals surface area contributed by atoms with E-state index in [9.17, 15) is 18.3 Å². The predicted molar refractivity (Wildman–Crippen MR) is 79.2 cm³/mol. The molecule has 0 radical (unpaired) electrons. The van der Waals surface area contributed by atoms with Crippen molar-refractivity contribution in [2.45, 2.75) is 24.9 Å². The van der Waals surface area contributed by atoms with Crippen molar-refractivity contribution in [3.63, 3.8) is 0 Å². The topological polar surface area (TPSA) is 83.5 Å². The Labute approximate surface area is 126 Å². The first-order valence-corrected chi connectivity index (χ1v) is 8.88. The Morgan fingerprint density at radius 3 is 2.30 bits per heavy atom. The molecule has 1 aromatic rings. The van der Waals surface area contributed by atoms with E-state index in [1.807, 2.05) is 24.3 Å². The average molecular weight is 362 g/mol. The maximum Gasteiger partial charge on any atom is 0.323 e. The summed E-state index contributed by atoms with van der Waals surface area (Å²) in [7, 11) is -3.09. The van der Waals surface area contributed by atoms with E-state index in [0.717, 1.165) is 10.0 Å². The van der Waals surface area contributed by atoms with Crippen LogP contribution >= 0.6 is 15.9 Å². The van der Waals surface area contributed by atoms with Gasteiger partial charge in [0.1, 0.15) is 15.4 Å². The number of nitrogens with one attached hydrogen (secondary N) is 1. The second-order valence-electron chi connectivity index (χ2n) is 5.02. The molecule has 1 fully saturated rings. The van der Waals surface area contributed by atoms with Crippen LogP contribution in [0, 0.1) is 0 Å². The highest BCUT2D eigenvalue weighted by Gasteiger charge is 2.43. The number of halogens is 1. The third-order valence-corrected chi connectivity index (χ3v) is 5.81. The van der Waals surface area contributed by atoms with Crippen molar-refractivity contribution < 1.29 is 18.3 Å². The Morgan fingerprint density at radius 1 is 1.25 bits per heavy atom. The van der Waals surface area contributed by atoms with Gasteiger partial charge in [-0.05, 0) is 30.5 Å². The second kappa shape index (κ2) is 5.83. The minimum absolute atomic E-state index is 0.0767. The highest BCUT2D eigenvalue weighted by Crippen LogP contribution is 2.25. The number of benzene rings is 1. The summed E-state index contributed by atoms with van der Waals surface area (Å²) in [6, 6.07) is 7.56. The molecule has 110 valence electrons. The number of carboxylic acids is 1. The monoisotopic (exact) mass is 361 g/mol. The first-order valence-electron chi connectivity index (χ1n) is 6.26. The van der Waals surface area contributed by atoms with Crippen LogP contribution in [0.1, 0.15) is 18.4 Å². The number of hydrogen-bond donors (Lipinski definition) is 2. The quantitative estimate of drug-likeness (QED) is 0.850. The molecule has 2 rings (SSSR count). The Balaban J connectivity index is 2.07. The zero-order chi connectivity index (χ0) is 14.8. The molecule has 0 saturated carbocycles. The largest absolute Gasteiger partial charge is 0.480 e. The van der Waals surface area contributed by atoms with Gasteiger partial charge in [-0.1, -0.05) is 28.1 Å². The fourth-order valence-corrected chi connectivity index (χ4v) is 4.01. The van der Waals surface area contributed by atoms with Crippen LogP contribution in [0.5, 0.6) is 0 Å². The van der Waals surface area contributed by atoms with Crippen LogP contribution in [0.3, 0.4) is 0 Å². The first kappa shape index (κ1) is 15.5. The minimum Gasteiger partial charge on any atom is -0.480 e. The van der Waals surface area contributed by atoms with Crippen molar-refractivity contribution in [3.8, 4) is 0 Å². The summed E-state index contributed by atoms with van der Waals surface area (Å²) >= 11 is 3.34. The van der Waals surface area contributed by atoms with Gasteiger partial charge >= 0.3 is 5.97 Å². The lowest BCUT2D eigenvalue weighted by Gasteiger charge is -2.34. The Hall–Kier alpha value is -0.920. The van der Waals surface area contributed by atoms with Gasteiger partial charge in [-0.15, -0.1) is 0 Å². The standard InChI is InChI=1S/C13H16BrNO4S/c14-11-3-1-10(2-4-11)9-15-13(12(16)17)5-7-20(18,19)8-6-13/h1-4,15H,5-9H2,(H,16,17). The molecule has 0 amide bonds. The van der Waals surface area contributed by atoms with E-state index in [2.05, 4.69) is 21.2 Å². The second-order valence-corrected chi connectivity index (χ2v) is 8.24. The summed E-state index contributed by atoms with van der Waals surface area (Å²) in [4.78, 5) is 11.5. The zero-order valence-corrected chi connectivity index (χ0v) is 13.2. The maximum atomic E-state index is 11.5. The molecule has 7 heteroatoms. The van der Waals surface area contributed by atoms with Crippen molar-refractivity contribution in [3.05, 3.63) is 34.3 Å². The predicted octanol–water partition coefficient (Wildman–Crippen LogP) is 1.57. The number of sulfone groups is 1. The van der Waals surface area contributed by atoms with Gasteiger partial charge < -0.3 is 5.11 Å². The molecule has 20 heavy (non-hydrogen) atoms. The van der Waals surface area contributed by atoms with E-state index < -0.39 is 21.3 Å². The molecular weight excluding hydrogens is 346 g/mol. The van der Waals surface area contributed by atoms with Gasteiger partial charge in [0.25, 0.3) is 0 Å². The van der Waals surface area contributed by atoms with Crippen molar-refractivity contribution >= 4 is 31.7 Å². The highest BCUT2D eigenvalue weighted by atomic mass is 79.9. The molecule has 1 aliphatic rings. The van der Waals surface area contributed by atoms with E-state index in [1.165, 1.54) is 0 Å². The molecule has 0 unspecified atom stereocenters. The molecule has 0 aliphatic carbocycles. The minimum atomic E-state index is -3.09. The van der Waals surface area contributed by atoms with Crippen LogP contribution in [-0.4, -0.2) is 36.5 Å². The summed E-state index contributed by atoms with van der Waals surface area (Å²) in [6.07, 6.45) is 0.225. The van der Waals surface area contributed by atoms with Crippen LogP contribution in [0.4, 0.5) is 0 Å². The zero-order valence-electron chi connectivity index (χ0n) is 10.8. The van der Waals surface area contributed by atoms with Crippen molar-refractivity contribution in [2.75, 3.05) is 11.5 Å². The molecule has 0 bridgehead atoms. The smallest absolute Gasteiger partial charge is 0.323 e. The molecule has 1 aromatic carbocycles. The van der Waals surface area contributed by atoms with Crippen LogP contribution < -0.4 is 5.32 Å². The van der Waals surface area contributed by atoms with Gasteiger partial charge in [0.15, 0.2) is 0 Å². The van der Waals surface area contributed by atoms with Gasteiger partial charge in [-0.25, -0.2) is 8.42 Å². The van der Waals surface area contributed by atoms with Gasteiger partial charge in [-0.3, -0.25) is 10.1 Å². The lowest BCUT2D eigenvalue weighted by atomic mass is 9.92. The van der Waals surface area contributed by atoms with Gasteiger partial charge in [0, 0.05) is 11.0 Å². The van der Waals surface area contributed by atoms with Gasteiger partial charge in [0.2, 0.25) is 0 Å². The average Bonchev–Trinajstić information content (AvgIpc) is 2.39. The van der Waals surface area contributed by atoms with E-state index in [1.54, 1.807) is 0 Å². The Bertz CT molecular complexity index is 583. The SMILES string of the molecule is O=C(O)C1(NCc2ccc(Br)cc2)CCS(=O)(=O)CC1. The lowest BCUT2D eigenvalue weighted by molar-refractivity contribution is -0.145. The van der Waals surface area contributed by atoms with Crippen molar-refractivity contribution in [1.82, 2.24) is 5.32 Å². The fourth-order valence-electron chi connectivity index (χ4n) is 2.23. The molecule has 2 N–H and O–H groups in total. The Morgan fingerprint density at radius 2 is 1.80 bits per heavy atom. The number of rotatable bonds is 4. The van der Waals surface area contributed by atoms with Gasteiger partial charge in [0.05, 0.1) is 11.5 Å². The summed E-state index contributed by atoms with van der Waals surface area (Å²) in [5.74, 6) is -1.14. The lowest BCUT2D eigenvalue weighted by Crippen LogP contribution is -2.56. The Kier molecular flexibility index (Phi) is 4.51. The fraction of sp³-hybridized carbons (Fsp3) is 0.462. The molecule has 1 heterocycles. The van der Waals surface area contributed by atoms with E-state index in [-0.39, 0.29) is 24.3 Å². The maximum absolute atomic E-state index is 11.5. The molecule has 1 saturated heterocycles. The van der Waals surface area contributed by atoms with Crippen molar-refractivity contribution in [1.29, 1.82) is 0 Å². The van der Waals surface area contributed by atoms with E-state index in [0.29, 0.717) is 6.54 Å². The summed E-state index contributed by atoms with van der Waals surface area (Å²) in [6.45, 7) is 0.402. The number of carbonyl (C=O) groups is 1. The summed E-state index contributed by atoms with van der Waals surface area (Å²) in [5, 5.41) is 12.4.